The molecule has 0 radical (unpaired) electrons. The van der Waals surface area contributed by atoms with Crippen molar-refractivity contribution in [2.24, 2.45) is 5.41 Å². The van der Waals surface area contributed by atoms with Gasteiger partial charge < -0.3 is 9.16 Å². The Morgan fingerprint density at radius 3 is 2.50 bits per heavy atom. The molecule has 0 aliphatic carbocycles. The SMILES string of the molecule is CCCOCCCC(C)(C)C(=O)O[SiH3]. The van der Waals surface area contributed by atoms with E-state index in [1.54, 1.807) is 0 Å². The monoisotopic (exact) mass is 218 g/mol. The molecule has 0 saturated carbocycles. The fourth-order valence-electron chi connectivity index (χ4n) is 1.24. The molecule has 0 fully saturated rings. The quantitative estimate of drug-likeness (QED) is 0.473. The van der Waals surface area contributed by atoms with E-state index in [1.165, 1.54) is 0 Å². The highest BCUT2D eigenvalue weighted by molar-refractivity contribution is 6.06. The minimum absolute atomic E-state index is 0.0836. The summed E-state index contributed by atoms with van der Waals surface area (Å²) in [6.45, 7) is 7.49. The van der Waals surface area contributed by atoms with Crippen LogP contribution >= 0.6 is 0 Å². The molecular formula is C10H22O3Si. The van der Waals surface area contributed by atoms with E-state index in [9.17, 15) is 4.79 Å². The molecule has 0 heterocycles. The van der Waals surface area contributed by atoms with Gasteiger partial charge in [-0.05, 0) is 33.1 Å². The third-order valence-corrected chi connectivity index (χ3v) is 2.55. The number of carbonyl (C=O) groups excluding carboxylic acids is 1. The predicted octanol–water partition coefficient (Wildman–Crippen LogP) is 1.04. The first-order valence-corrected chi connectivity index (χ1v) is 6.02. The molecule has 0 N–H and O–H groups in total. The van der Waals surface area contributed by atoms with E-state index < -0.39 is 0 Å². The minimum Gasteiger partial charge on any atom is -0.528 e. The molecule has 0 aliphatic heterocycles. The number of hydrogen-bond donors (Lipinski definition) is 0. The molecule has 0 amide bonds. The van der Waals surface area contributed by atoms with Crippen molar-refractivity contribution in [1.29, 1.82) is 0 Å². The molecular weight excluding hydrogens is 196 g/mol. The Morgan fingerprint density at radius 1 is 1.36 bits per heavy atom. The van der Waals surface area contributed by atoms with Gasteiger partial charge in [0.05, 0.1) is 5.41 Å². The molecule has 0 aromatic rings. The van der Waals surface area contributed by atoms with Gasteiger partial charge in [0.15, 0.2) is 0 Å². The van der Waals surface area contributed by atoms with Gasteiger partial charge >= 0.3 is 0 Å². The molecule has 0 aliphatic rings. The maximum atomic E-state index is 11.3. The predicted molar refractivity (Wildman–Crippen MR) is 60.2 cm³/mol. The minimum atomic E-state index is -0.350. The molecule has 3 nitrogen and oxygen atoms in total. The molecule has 0 rings (SSSR count). The van der Waals surface area contributed by atoms with Crippen molar-refractivity contribution in [3.63, 3.8) is 0 Å². The van der Waals surface area contributed by atoms with Gasteiger partial charge in [-0.1, -0.05) is 6.92 Å². The van der Waals surface area contributed by atoms with Crippen molar-refractivity contribution in [1.82, 2.24) is 0 Å². The summed E-state index contributed by atoms with van der Waals surface area (Å²) in [5.41, 5.74) is -0.350. The maximum absolute atomic E-state index is 11.3. The Balaban J connectivity index is 3.60. The Hall–Kier alpha value is -0.353. The zero-order chi connectivity index (χ0) is 11.0. The van der Waals surface area contributed by atoms with Crippen LogP contribution < -0.4 is 0 Å². The molecule has 4 heteroatoms. The molecule has 0 saturated heterocycles. The fourth-order valence-corrected chi connectivity index (χ4v) is 1.79. The number of carbonyl (C=O) groups is 1. The Morgan fingerprint density at radius 2 is 2.00 bits per heavy atom. The Labute approximate surface area is 89.7 Å². The summed E-state index contributed by atoms with van der Waals surface area (Å²) >= 11 is 0. The van der Waals surface area contributed by atoms with Gasteiger partial charge in [-0.3, -0.25) is 4.79 Å². The van der Waals surface area contributed by atoms with Crippen molar-refractivity contribution >= 4 is 16.5 Å². The largest absolute Gasteiger partial charge is 0.528 e. The average molecular weight is 218 g/mol. The summed E-state index contributed by atoms with van der Waals surface area (Å²) in [6.07, 6.45) is 2.80. The third kappa shape index (κ3) is 5.39. The van der Waals surface area contributed by atoms with Crippen molar-refractivity contribution in [2.45, 2.75) is 40.0 Å². The van der Waals surface area contributed by atoms with Crippen LogP contribution in [0, 0.1) is 5.41 Å². The van der Waals surface area contributed by atoms with Crippen molar-refractivity contribution in [2.75, 3.05) is 13.2 Å². The Kier molecular flexibility index (Phi) is 6.83. The Bertz CT molecular complexity index is 169. The molecule has 0 aromatic heterocycles. The van der Waals surface area contributed by atoms with E-state index in [0.717, 1.165) is 32.5 Å². The summed E-state index contributed by atoms with van der Waals surface area (Å²) in [7, 11) is 0.484. The van der Waals surface area contributed by atoms with Crippen LogP contribution in [0.4, 0.5) is 0 Å². The van der Waals surface area contributed by atoms with Crippen LogP contribution in [0.3, 0.4) is 0 Å². The highest BCUT2D eigenvalue weighted by atomic mass is 28.2. The second kappa shape index (κ2) is 7.01. The first-order chi connectivity index (χ1) is 6.54. The molecule has 84 valence electrons. The van der Waals surface area contributed by atoms with Crippen LogP contribution in [-0.2, 0) is 14.0 Å². The summed E-state index contributed by atoms with van der Waals surface area (Å²) in [6, 6.07) is 0. The van der Waals surface area contributed by atoms with E-state index in [0.29, 0.717) is 10.5 Å². The van der Waals surface area contributed by atoms with Crippen LogP contribution in [0.1, 0.15) is 40.0 Å². The molecule has 0 unspecified atom stereocenters. The zero-order valence-electron chi connectivity index (χ0n) is 9.76. The van der Waals surface area contributed by atoms with Crippen LogP contribution in [0.2, 0.25) is 0 Å². The third-order valence-electron chi connectivity index (χ3n) is 2.18. The van der Waals surface area contributed by atoms with Gasteiger partial charge in [0.25, 0.3) is 5.97 Å². The van der Waals surface area contributed by atoms with Gasteiger partial charge in [-0.2, -0.15) is 0 Å². The van der Waals surface area contributed by atoms with Crippen molar-refractivity contribution < 1.29 is 14.0 Å². The van der Waals surface area contributed by atoms with Gasteiger partial charge in [0.1, 0.15) is 0 Å². The molecule has 14 heavy (non-hydrogen) atoms. The van der Waals surface area contributed by atoms with E-state index in [-0.39, 0.29) is 11.4 Å². The van der Waals surface area contributed by atoms with Crippen LogP contribution in [0.5, 0.6) is 0 Å². The van der Waals surface area contributed by atoms with Gasteiger partial charge in [0.2, 0.25) is 10.5 Å². The standard InChI is InChI=1S/C10H22O3Si/c1-4-7-12-8-5-6-10(2,3)9(11)13-14/h4-8H2,1-3,14H3. The number of hydrogen-bond acceptors (Lipinski definition) is 3. The van der Waals surface area contributed by atoms with Gasteiger partial charge in [0, 0.05) is 13.2 Å². The van der Waals surface area contributed by atoms with Crippen molar-refractivity contribution in [3.05, 3.63) is 0 Å². The summed E-state index contributed by atoms with van der Waals surface area (Å²) in [4.78, 5) is 11.3. The zero-order valence-corrected chi connectivity index (χ0v) is 11.8. The second-order valence-electron chi connectivity index (χ2n) is 4.09. The molecule has 0 aromatic carbocycles. The topological polar surface area (TPSA) is 35.5 Å². The lowest BCUT2D eigenvalue weighted by Gasteiger charge is -2.21. The highest BCUT2D eigenvalue weighted by Gasteiger charge is 2.27. The van der Waals surface area contributed by atoms with E-state index in [2.05, 4.69) is 6.92 Å². The van der Waals surface area contributed by atoms with Crippen LogP contribution in [0.25, 0.3) is 0 Å². The molecule has 0 bridgehead atoms. The maximum Gasteiger partial charge on any atom is 0.297 e. The fraction of sp³-hybridized carbons (Fsp3) is 0.900. The lowest BCUT2D eigenvalue weighted by molar-refractivity contribution is -0.144. The van der Waals surface area contributed by atoms with E-state index in [1.807, 2.05) is 13.8 Å². The molecule has 0 spiro atoms. The lowest BCUT2D eigenvalue weighted by Crippen LogP contribution is -2.26. The highest BCUT2D eigenvalue weighted by Crippen LogP contribution is 2.23. The van der Waals surface area contributed by atoms with Crippen molar-refractivity contribution in [3.8, 4) is 0 Å². The normalized spacial score (nSPS) is 11.6. The van der Waals surface area contributed by atoms with Crippen LogP contribution in [-0.4, -0.2) is 29.7 Å². The van der Waals surface area contributed by atoms with E-state index in [4.69, 9.17) is 9.16 Å². The van der Waals surface area contributed by atoms with E-state index >= 15 is 0 Å². The van der Waals surface area contributed by atoms with Gasteiger partial charge in [-0.25, -0.2) is 0 Å². The van der Waals surface area contributed by atoms with Crippen LogP contribution in [0.15, 0.2) is 0 Å². The summed E-state index contributed by atoms with van der Waals surface area (Å²) < 4.78 is 10.2. The average Bonchev–Trinajstić information content (AvgIpc) is 2.16. The first-order valence-electron chi connectivity index (χ1n) is 5.20. The second-order valence-corrected chi connectivity index (χ2v) is 4.50. The first kappa shape index (κ1) is 13.6. The number of ether oxygens (including phenoxy) is 1. The lowest BCUT2D eigenvalue weighted by atomic mass is 9.88. The number of rotatable bonds is 7. The van der Waals surface area contributed by atoms with Gasteiger partial charge in [-0.15, -0.1) is 0 Å². The molecule has 0 atom stereocenters. The summed E-state index contributed by atoms with van der Waals surface area (Å²) in [5, 5.41) is 0. The summed E-state index contributed by atoms with van der Waals surface area (Å²) in [5.74, 6) is -0.0836. The smallest absolute Gasteiger partial charge is 0.297 e.